The molecule has 0 spiro atoms. The molecule has 0 fully saturated rings. The summed E-state index contributed by atoms with van der Waals surface area (Å²) in [6.45, 7) is 5.65. The molecule has 0 saturated heterocycles. The Bertz CT molecular complexity index is 1160. The molecule has 1 atom stereocenters. The molecule has 3 N–H and O–H groups in total. The first-order valence-electron chi connectivity index (χ1n) is 10.1. The van der Waals surface area contributed by atoms with Gasteiger partial charge in [-0.25, -0.2) is 9.97 Å². The molecule has 3 rings (SSSR count). The molecule has 2 amide bonds. The van der Waals surface area contributed by atoms with Crippen molar-refractivity contribution in [1.29, 1.82) is 0 Å². The smallest absolute Gasteiger partial charge is 0.270 e. The molecule has 2 heterocycles. The van der Waals surface area contributed by atoms with Crippen LogP contribution in [0.5, 0.6) is 0 Å². The predicted molar refractivity (Wildman–Crippen MR) is 123 cm³/mol. The zero-order valence-corrected chi connectivity index (χ0v) is 19.0. The molecule has 3 aromatic rings. The van der Waals surface area contributed by atoms with Gasteiger partial charge in [-0.15, -0.1) is 5.10 Å². The Morgan fingerprint density at radius 1 is 1.24 bits per heavy atom. The van der Waals surface area contributed by atoms with Gasteiger partial charge in [-0.1, -0.05) is 37.7 Å². The number of carbonyl (C=O) groups is 2. The summed E-state index contributed by atoms with van der Waals surface area (Å²) >= 11 is 1.14. The van der Waals surface area contributed by atoms with Crippen molar-refractivity contribution in [3.8, 4) is 0 Å². The summed E-state index contributed by atoms with van der Waals surface area (Å²) in [4.78, 5) is 43.8. The lowest BCUT2D eigenvalue weighted by Gasteiger charge is -2.19. The van der Waals surface area contributed by atoms with Gasteiger partial charge in [0, 0.05) is 23.9 Å². The largest absolute Gasteiger partial charge is 0.342 e. The summed E-state index contributed by atoms with van der Waals surface area (Å²) in [5, 5.41) is 23.8. The van der Waals surface area contributed by atoms with Crippen molar-refractivity contribution >= 4 is 35.1 Å². The van der Waals surface area contributed by atoms with Crippen molar-refractivity contribution in [3.05, 3.63) is 69.7 Å². The predicted octanol–water partition coefficient (Wildman–Crippen LogP) is 3.27. The Hall–Kier alpha value is -3.80. The summed E-state index contributed by atoms with van der Waals surface area (Å²) in [5.41, 5.74) is 0.863. The molecular formula is C21H23N7O4S. The topological polar surface area (TPSA) is 156 Å². The van der Waals surface area contributed by atoms with Gasteiger partial charge in [-0.2, -0.15) is 0 Å². The average molecular weight is 470 g/mol. The molecule has 33 heavy (non-hydrogen) atoms. The van der Waals surface area contributed by atoms with Crippen LogP contribution in [0.15, 0.2) is 47.8 Å². The number of nitrogens with zero attached hydrogens (tertiary/aromatic N) is 4. The van der Waals surface area contributed by atoms with Gasteiger partial charge >= 0.3 is 0 Å². The number of hydrogen-bond acceptors (Lipinski definition) is 8. The molecule has 12 heteroatoms. The van der Waals surface area contributed by atoms with Gasteiger partial charge in [-0.3, -0.25) is 24.8 Å². The van der Waals surface area contributed by atoms with E-state index in [2.05, 4.69) is 30.8 Å². The number of pyridine rings is 1. The molecular weight excluding hydrogens is 446 g/mol. The molecule has 0 aliphatic heterocycles. The number of carbonyl (C=O) groups excluding carboxylic acids is 2. The van der Waals surface area contributed by atoms with Gasteiger partial charge in [0.05, 0.1) is 16.7 Å². The van der Waals surface area contributed by atoms with Crippen LogP contribution in [-0.4, -0.2) is 42.7 Å². The van der Waals surface area contributed by atoms with Crippen molar-refractivity contribution < 1.29 is 14.5 Å². The van der Waals surface area contributed by atoms with E-state index in [0.717, 1.165) is 17.3 Å². The number of thioether (sulfide) groups is 1. The maximum atomic E-state index is 12.7. The zero-order chi connectivity index (χ0) is 24.0. The van der Waals surface area contributed by atoms with E-state index in [-0.39, 0.29) is 28.8 Å². The monoisotopic (exact) mass is 469 g/mol. The first kappa shape index (κ1) is 23.9. The van der Waals surface area contributed by atoms with E-state index in [1.807, 2.05) is 26.8 Å². The Balaban J connectivity index is 1.63. The molecule has 0 radical (unpaired) electrons. The molecule has 11 nitrogen and oxygen atoms in total. The third kappa shape index (κ3) is 6.35. The Morgan fingerprint density at radius 2 is 2.03 bits per heavy atom. The number of rotatable bonds is 9. The highest BCUT2D eigenvalue weighted by Gasteiger charge is 2.24. The van der Waals surface area contributed by atoms with E-state index >= 15 is 0 Å². The minimum absolute atomic E-state index is 0.0473. The third-order valence-corrected chi connectivity index (χ3v) is 5.50. The second kappa shape index (κ2) is 10.7. The van der Waals surface area contributed by atoms with E-state index in [0.29, 0.717) is 16.8 Å². The van der Waals surface area contributed by atoms with Crippen LogP contribution < -0.4 is 10.6 Å². The van der Waals surface area contributed by atoms with Crippen LogP contribution in [0, 0.1) is 23.0 Å². The van der Waals surface area contributed by atoms with Gasteiger partial charge in [0.15, 0.2) is 0 Å². The Labute approximate surface area is 194 Å². The van der Waals surface area contributed by atoms with Crippen LogP contribution in [0.25, 0.3) is 0 Å². The maximum absolute atomic E-state index is 12.7. The average Bonchev–Trinajstić information content (AvgIpc) is 3.26. The fraction of sp³-hybridized carbons (Fsp3) is 0.286. The third-order valence-electron chi connectivity index (χ3n) is 4.65. The highest BCUT2D eigenvalue weighted by Crippen LogP contribution is 2.23. The highest BCUT2D eigenvalue weighted by molar-refractivity contribution is 7.99. The fourth-order valence-corrected chi connectivity index (χ4v) is 3.52. The number of amides is 2. The molecule has 0 aliphatic carbocycles. The molecule has 0 saturated carbocycles. The van der Waals surface area contributed by atoms with Gasteiger partial charge in [0.25, 0.3) is 11.6 Å². The van der Waals surface area contributed by atoms with Crippen LogP contribution in [0.2, 0.25) is 0 Å². The fourth-order valence-electron chi connectivity index (χ4n) is 2.91. The number of aromatic nitrogens is 4. The number of benzene rings is 1. The van der Waals surface area contributed by atoms with Crippen molar-refractivity contribution in [1.82, 2.24) is 25.5 Å². The van der Waals surface area contributed by atoms with Crippen molar-refractivity contribution in [2.24, 2.45) is 5.92 Å². The first-order chi connectivity index (χ1) is 15.7. The first-order valence-corrected chi connectivity index (χ1v) is 11.0. The zero-order valence-electron chi connectivity index (χ0n) is 18.2. The minimum atomic E-state index is -0.554. The number of nitro groups is 1. The molecule has 0 aliphatic rings. The van der Waals surface area contributed by atoms with E-state index in [4.69, 9.17) is 0 Å². The van der Waals surface area contributed by atoms with E-state index in [1.165, 1.54) is 24.3 Å². The molecule has 0 unspecified atom stereocenters. The van der Waals surface area contributed by atoms with Crippen LogP contribution in [0.4, 0.5) is 11.5 Å². The number of aromatic amines is 1. The standard InChI is InChI=1S/C21H23N7O4S/c1-12(2)17(24-20(30)14-7-4-8-15(10-14)28(31)32)19-25-21(27-26-19)33-11-16(29)23-18-13(3)6-5-9-22-18/h4-10,12,17H,11H2,1-3H3,(H,24,30)(H,22,23,29)(H,25,26,27)/t17-/m0/s1. The highest BCUT2D eigenvalue weighted by atomic mass is 32.2. The van der Waals surface area contributed by atoms with Gasteiger partial charge < -0.3 is 10.6 Å². The second-order valence-electron chi connectivity index (χ2n) is 7.51. The molecule has 172 valence electrons. The minimum Gasteiger partial charge on any atom is -0.342 e. The molecule has 1 aromatic carbocycles. The summed E-state index contributed by atoms with van der Waals surface area (Å²) in [5.74, 6) is 0.254. The lowest BCUT2D eigenvalue weighted by Crippen LogP contribution is -2.32. The number of aryl methyl sites for hydroxylation is 1. The second-order valence-corrected chi connectivity index (χ2v) is 8.45. The number of nitrogens with one attached hydrogen (secondary N) is 3. The molecule has 0 bridgehead atoms. The normalized spacial score (nSPS) is 11.8. The van der Waals surface area contributed by atoms with E-state index < -0.39 is 16.9 Å². The van der Waals surface area contributed by atoms with Crippen LogP contribution in [-0.2, 0) is 4.79 Å². The van der Waals surface area contributed by atoms with Crippen LogP contribution in [0.1, 0.15) is 41.6 Å². The van der Waals surface area contributed by atoms with Crippen LogP contribution in [0.3, 0.4) is 0 Å². The van der Waals surface area contributed by atoms with Gasteiger partial charge in [-0.05, 0) is 30.5 Å². The lowest BCUT2D eigenvalue weighted by atomic mass is 10.0. The summed E-state index contributed by atoms with van der Waals surface area (Å²) in [7, 11) is 0. The SMILES string of the molecule is Cc1cccnc1NC(=O)CSc1n[nH]c([C@@H](NC(=O)c2cccc([N+](=O)[O-])c2)C(C)C)n1. The number of hydrogen-bond donors (Lipinski definition) is 3. The molecule has 2 aromatic heterocycles. The Morgan fingerprint density at radius 3 is 2.73 bits per heavy atom. The number of non-ortho nitro benzene ring substituents is 1. The van der Waals surface area contributed by atoms with E-state index in [9.17, 15) is 19.7 Å². The van der Waals surface area contributed by atoms with Crippen LogP contribution >= 0.6 is 11.8 Å². The number of H-pyrrole nitrogens is 1. The summed E-state index contributed by atoms with van der Waals surface area (Å²) in [6.07, 6.45) is 1.60. The van der Waals surface area contributed by atoms with Crippen molar-refractivity contribution in [2.75, 3.05) is 11.1 Å². The quantitative estimate of drug-likeness (QED) is 0.245. The lowest BCUT2D eigenvalue weighted by molar-refractivity contribution is -0.384. The van der Waals surface area contributed by atoms with Gasteiger partial charge in [0.2, 0.25) is 11.1 Å². The maximum Gasteiger partial charge on any atom is 0.270 e. The van der Waals surface area contributed by atoms with E-state index in [1.54, 1.807) is 12.3 Å². The van der Waals surface area contributed by atoms with Gasteiger partial charge in [0.1, 0.15) is 11.6 Å². The number of anilines is 1. The van der Waals surface area contributed by atoms with Crippen molar-refractivity contribution in [3.63, 3.8) is 0 Å². The Kier molecular flexibility index (Phi) is 7.72. The summed E-state index contributed by atoms with van der Waals surface area (Å²) < 4.78 is 0. The summed E-state index contributed by atoms with van der Waals surface area (Å²) in [6, 6.07) is 8.63. The van der Waals surface area contributed by atoms with Crippen molar-refractivity contribution in [2.45, 2.75) is 32.0 Å². The number of nitro benzene ring substituents is 1.